The number of ether oxygens (including phenoxy) is 1. The SMILES string of the molecule is Cc1cccc2c1[NH+]([O-])OC(NC(=O)OCC(c1ccccc1)c1ccccc1)=C2. The van der Waals surface area contributed by atoms with Gasteiger partial charge in [0.25, 0.3) is 5.88 Å². The van der Waals surface area contributed by atoms with Crippen LogP contribution in [-0.4, -0.2) is 12.7 Å². The zero-order chi connectivity index (χ0) is 20.9. The molecule has 0 aliphatic carbocycles. The van der Waals surface area contributed by atoms with Crippen LogP contribution in [-0.2, 0) is 9.57 Å². The molecule has 0 bridgehead atoms. The van der Waals surface area contributed by atoms with Crippen LogP contribution in [0.25, 0.3) is 6.08 Å². The van der Waals surface area contributed by atoms with Crippen molar-refractivity contribution in [2.45, 2.75) is 12.8 Å². The van der Waals surface area contributed by atoms with Gasteiger partial charge in [-0.05, 0) is 24.1 Å². The molecule has 3 aromatic rings. The highest BCUT2D eigenvalue weighted by atomic mass is 16.9. The molecule has 152 valence electrons. The number of benzene rings is 3. The largest absolute Gasteiger partial charge is 0.585 e. The lowest BCUT2D eigenvalue weighted by atomic mass is 9.92. The summed E-state index contributed by atoms with van der Waals surface area (Å²) in [4.78, 5) is 17.6. The molecule has 0 fully saturated rings. The van der Waals surface area contributed by atoms with E-state index in [2.05, 4.69) is 5.32 Å². The number of quaternary nitrogens is 1. The summed E-state index contributed by atoms with van der Waals surface area (Å²) in [6, 6.07) is 25.2. The Hall–Kier alpha value is -3.61. The molecule has 1 aliphatic heterocycles. The van der Waals surface area contributed by atoms with Gasteiger partial charge >= 0.3 is 6.09 Å². The van der Waals surface area contributed by atoms with Crippen LogP contribution in [0.3, 0.4) is 0 Å². The number of aryl methyl sites for hydroxylation is 1. The Kier molecular flexibility index (Phi) is 5.79. The molecule has 1 unspecified atom stereocenters. The van der Waals surface area contributed by atoms with Crippen LogP contribution in [0, 0.1) is 12.1 Å². The molecule has 1 amide bonds. The number of nitrogens with one attached hydrogen (secondary N) is 2. The topological polar surface area (TPSA) is 75.1 Å². The van der Waals surface area contributed by atoms with Crippen molar-refractivity contribution >= 4 is 17.9 Å². The van der Waals surface area contributed by atoms with E-state index in [1.54, 1.807) is 12.1 Å². The minimum absolute atomic E-state index is 0.0547. The van der Waals surface area contributed by atoms with Gasteiger partial charge < -0.3 is 9.94 Å². The van der Waals surface area contributed by atoms with Gasteiger partial charge in [-0.15, -0.1) is 5.23 Å². The van der Waals surface area contributed by atoms with Crippen molar-refractivity contribution in [2.24, 2.45) is 0 Å². The Morgan fingerprint density at radius 2 is 1.63 bits per heavy atom. The number of amides is 1. The molecule has 4 rings (SSSR count). The highest BCUT2D eigenvalue weighted by molar-refractivity contribution is 5.73. The number of carbonyl (C=O) groups is 1. The molecule has 0 saturated carbocycles. The zero-order valence-electron chi connectivity index (χ0n) is 16.5. The molecule has 1 atom stereocenters. The molecular weight excluding hydrogens is 380 g/mol. The maximum Gasteiger partial charge on any atom is 0.414 e. The fourth-order valence-electron chi connectivity index (χ4n) is 3.52. The third-order valence-corrected chi connectivity index (χ3v) is 5.01. The van der Waals surface area contributed by atoms with E-state index in [1.165, 1.54) is 0 Å². The van der Waals surface area contributed by atoms with Crippen molar-refractivity contribution in [3.63, 3.8) is 0 Å². The van der Waals surface area contributed by atoms with Gasteiger partial charge in [0.15, 0.2) is 5.69 Å². The van der Waals surface area contributed by atoms with Crippen LogP contribution < -0.4 is 10.5 Å². The molecule has 0 saturated heterocycles. The fourth-order valence-corrected chi connectivity index (χ4v) is 3.52. The molecule has 0 radical (unpaired) electrons. The van der Waals surface area contributed by atoms with E-state index < -0.39 is 11.3 Å². The summed E-state index contributed by atoms with van der Waals surface area (Å²) >= 11 is 0. The average molecular weight is 402 g/mol. The van der Waals surface area contributed by atoms with Crippen LogP contribution in [0.15, 0.2) is 84.7 Å². The first-order chi connectivity index (χ1) is 14.6. The Morgan fingerprint density at radius 1 is 1.00 bits per heavy atom. The lowest BCUT2D eigenvalue weighted by Crippen LogP contribution is -3.02. The summed E-state index contributed by atoms with van der Waals surface area (Å²) in [5, 5.41) is 14.3. The summed E-state index contributed by atoms with van der Waals surface area (Å²) in [5.74, 6) is -0.0523. The second-order valence-corrected chi connectivity index (χ2v) is 7.03. The van der Waals surface area contributed by atoms with Crippen LogP contribution in [0.1, 0.15) is 28.2 Å². The predicted octanol–water partition coefficient (Wildman–Crippen LogP) is 3.81. The third-order valence-electron chi connectivity index (χ3n) is 5.01. The van der Waals surface area contributed by atoms with Crippen molar-refractivity contribution in [3.8, 4) is 0 Å². The maximum absolute atomic E-state index is 12.4. The van der Waals surface area contributed by atoms with Crippen molar-refractivity contribution < 1.29 is 19.6 Å². The van der Waals surface area contributed by atoms with Crippen LogP contribution in [0.4, 0.5) is 10.5 Å². The predicted molar refractivity (Wildman–Crippen MR) is 113 cm³/mol. The van der Waals surface area contributed by atoms with Gasteiger partial charge in [0.2, 0.25) is 0 Å². The van der Waals surface area contributed by atoms with E-state index >= 15 is 0 Å². The Bertz CT molecular complexity index is 1010. The summed E-state index contributed by atoms with van der Waals surface area (Å²) < 4.78 is 5.48. The Morgan fingerprint density at radius 3 is 2.27 bits per heavy atom. The van der Waals surface area contributed by atoms with E-state index in [-0.39, 0.29) is 18.4 Å². The maximum atomic E-state index is 12.4. The summed E-state index contributed by atoms with van der Waals surface area (Å²) in [7, 11) is 0. The Labute approximate surface area is 174 Å². The lowest BCUT2D eigenvalue weighted by Gasteiger charge is -2.27. The van der Waals surface area contributed by atoms with Crippen LogP contribution in [0.2, 0.25) is 0 Å². The smallest absolute Gasteiger partial charge is 0.414 e. The molecule has 30 heavy (non-hydrogen) atoms. The van der Waals surface area contributed by atoms with E-state index in [9.17, 15) is 10.0 Å². The Balaban J connectivity index is 1.46. The van der Waals surface area contributed by atoms with Gasteiger partial charge in [-0.1, -0.05) is 72.8 Å². The number of alkyl carbamates (subject to hydrolysis) is 1. The van der Waals surface area contributed by atoms with Crippen molar-refractivity contribution in [1.82, 2.24) is 5.32 Å². The van der Waals surface area contributed by atoms with E-state index in [1.807, 2.05) is 79.7 Å². The lowest BCUT2D eigenvalue weighted by molar-refractivity contribution is -0.989. The number of fused-ring (bicyclic) bond motifs is 1. The number of carbonyl (C=O) groups excluding carboxylic acids is 1. The second kappa shape index (κ2) is 8.82. The van der Waals surface area contributed by atoms with Gasteiger partial charge in [0.1, 0.15) is 6.61 Å². The molecule has 3 aromatic carbocycles. The number of rotatable bonds is 5. The summed E-state index contributed by atoms with van der Waals surface area (Å²) in [5.41, 5.74) is 4.12. The second-order valence-electron chi connectivity index (χ2n) is 7.03. The summed E-state index contributed by atoms with van der Waals surface area (Å²) in [6.07, 6.45) is 0.943. The minimum atomic E-state index is -0.679. The van der Waals surface area contributed by atoms with Crippen molar-refractivity contribution in [3.05, 3.63) is 112 Å². The first kappa shape index (κ1) is 19.7. The number of hydrogen-bond donors (Lipinski definition) is 2. The summed E-state index contributed by atoms with van der Waals surface area (Å²) in [6.45, 7) is 1.99. The van der Waals surface area contributed by atoms with E-state index in [0.29, 0.717) is 11.3 Å². The third kappa shape index (κ3) is 4.35. The van der Waals surface area contributed by atoms with E-state index in [4.69, 9.17) is 9.57 Å². The molecule has 0 spiro atoms. The molecule has 1 aliphatic rings. The van der Waals surface area contributed by atoms with E-state index in [0.717, 1.165) is 16.7 Å². The van der Waals surface area contributed by atoms with Crippen LogP contribution in [0.5, 0.6) is 0 Å². The molecule has 2 N–H and O–H groups in total. The van der Waals surface area contributed by atoms with Gasteiger partial charge in [0, 0.05) is 23.1 Å². The van der Waals surface area contributed by atoms with Gasteiger partial charge in [-0.3, -0.25) is 10.2 Å². The molecule has 1 heterocycles. The fraction of sp³-hybridized carbons (Fsp3) is 0.125. The monoisotopic (exact) mass is 402 g/mol. The van der Waals surface area contributed by atoms with Crippen LogP contribution >= 0.6 is 0 Å². The van der Waals surface area contributed by atoms with Gasteiger partial charge in [0.05, 0.1) is 0 Å². The van der Waals surface area contributed by atoms with Gasteiger partial charge in [-0.25, -0.2) is 4.79 Å². The van der Waals surface area contributed by atoms with Crippen molar-refractivity contribution in [1.29, 1.82) is 0 Å². The highest BCUT2D eigenvalue weighted by Crippen LogP contribution is 2.25. The number of hydrogen-bond acceptors (Lipinski definition) is 4. The first-order valence-electron chi connectivity index (χ1n) is 9.69. The molecule has 6 heteroatoms. The zero-order valence-corrected chi connectivity index (χ0v) is 16.5. The molecule has 6 nitrogen and oxygen atoms in total. The normalized spacial score (nSPS) is 15.0. The minimum Gasteiger partial charge on any atom is -0.585 e. The quantitative estimate of drug-likeness (QED) is 0.637. The standard InChI is InChI=1S/C24H22N2O4/c1-17-9-8-14-20-15-22(30-26(28)23(17)20)25-24(27)29-16-21(18-10-4-2-5-11-18)19-12-6-3-7-13-19/h2-15,21,26H,16H2,1H3,(H,25,27). The average Bonchev–Trinajstić information content (AvgIpc) is 2.75. The van der Waals surface area contributed by atoms with Crippen molar-refractivity contribution in [2.75, 3.05) is 6.61 Å². The molecule has 0 aromatic heterocycles. The molecular formula is C24H22N2O4. The highest BCUT2D eigenvalue weighted by Gasteiger charge is 2.23. The first-order valence-corrected chi connectivity index (χ1v) is 9.69. The van der Waals surface area contributed by atoms with Gasteiger partial charge in [-0.2, -0.15) is 0 Å².